The van der Waals surface area contributed by atoms with Crippen LogP contribution in [-0.2, 0) is 0 Å². The molecule has 2 aromatic rings. The van der Waals surface area contributed by atoms with Crippen LogP contribution in [0.15, 0.2) is 28.9 Å². The maximum atomic E-state index is 9.07. The number of halogens is 1. The van der Waals surface area contributed by atoms with Gasteiger partial charge in [-0.25, -0.2) is 4.98 Å². The van der Waals surface area contributed by atoms with Gasteiger partial charge in [0.15, 0.2) is 0 Å². The average molecular weight is 360 g/mol. The molecule has 0 bridgehead atoms. The smallest absolute Gasteiger partial charge is 0.134 e. The van der Waals surface area contributed by atoms with Crippen LogP contribution in [0, 0.1) is 16.7 Å². The third-order valence-corrected chi connectivity index (χ3v) is 4.03. The predicted molar refractivity (Wildman–Crippen MR) is 95.9 cm³/mol. The molecule has 0 aliphatic rings. The van der Waals surface area contributed by atoms with Gasteiger partial charge in [-0.3, -0.25) is 0 Å². The monoisotopic (exact) mass is 359 g/mol. The summed E-state index contributed by atoms with van der Waals surface area (Å²) in [5, 5.41) is 14.7. The van der Waals surface area contributed by atoms with Crippen molar-refractivity contribution in [3.8, 4) is 6.07 Å². The Labute approximate surface area is 140 Å². The minimum atomic E-state index is -0.0695. The van der Waals surface area contributed by atoms with Crippen LogP contribution < -0.4 is 5.32 Å². The highest BCUT2D eigenvalue weighted by Gasteiger charge is 2.26. The van der Waals surface area contributed by atoms with E-state index in [2.05, 4.69) is 66.9 Å². The van der Waals surface area contributed by atoms with Crippen LogP contribution in [0.25, 0.3) is 10.8 Å². The summed E-state index contributed by atoms with van der Waals surface area (Å²) in [6, 6.07) is 7.87. The van der Waals surface area contributed by atoms with E-state index in [1.165, 1.54) is 0 Å². The lowest BCUT2D eigenvalue weighted by molar-refractivity contribution is 0.302. The summed E-state index contributed by atoms with van der Waals surface area (Å²) in [6.45, 7) is 11.1. The molecule has 2 rings (SSSR count). The van der Waals surface area contributed by atoms with Crippen molar-refractivity contribution in [2.45, 2.75) is 46.6 Å². The van der Waals surface area contributed by atoms with Crippen molar-refractivity contribution in [3.63, 3.8) is 0 Å². The van der Waals surface area contributed by atoms with Gasteiger partial charge in [0.05, 0.1) is 11.6 Å². The number of fused-ring (bicyclic) bond motifs is 1. The summed E-state index contributed by atoms with van der Waals surface area (Å²) < 4.78 is 0.902. The van der Waals surface area contributed by atoms with Crippen molar-refractivity contribution in [2.24, 2.45) is 5.41 Å². The van der Waals surface area contributed by atoms with E-state index in [-0.39, 0.29) is 11.0 Å². The molecular weight excluding hydrogens is 338 g/mol. The first kappa shape index (κ1) is 16.8. The van der Waals surface area contributed by atoms with Crippen LogP contribution in [-0.4, -0.2) is 10.5 Å². The zero-order valence-corrected chi connectivity index (χ0v) is 15.4. The van der Waals surface area contributed by atoms with Crippen LogP contribution in [0.5, 0.6) is 0 Å². The van der Waals surface area contributed by atoms with Crippen molar-refractivity contribution in [1.29, 1.82) is 5.26 Å². The summed E-state index contributed by atoms with van der Waals surface area (Å²) in [5.74, 6) is 0.858. The van der Waals surface area contributed by atoms with E-state index in [1.54, 1.807) is 6.20 Å². The van der Waals surface area contributed by atoms with Gasteiger partial charge in [-0.1, -0.05) is 20.8 Å². The SMILES string of the molecule is CC(C)(C)CC(C)(C)Nc1ncc(Br)c2cc(C#N)ccc12. The number of nitrogens with zero attached hydrogens (tertiary/aromatic N) is 2. The standard InChI is InChI=1S/C18H22BrN3/c1-17(2,3)11-18(4,5)22-16-13-7-6-12(9-20)8-14(13)15(19)10-21-16/h6-8,10H,11H2,1-5H3,(H,21,22). The minimum Gasteiger partial charge on any atom is -0.365 e. The number of rotatable bonds is 3. The molecule has 1 aromatic heterocycles. The Hall–Kier alpha value is -1.60. The number of aromatic nitrogens is 1. The van der Waals surface area contributed by atoms with Crippen molar-refractivity contribution in [1.82, 2.24) is 4.98 Å². The van der Waals surface area contributed by atoms with Gasteiger partial charge in [-0.05, 0) is 59.8 Å². The molecule has 0 saturated heterocycles. The first-order valence-electron chi connectivity index (χ1n) is 7.38. The van der Waals surface area contributed by atoms with Crippen molar-refractivity contribution in [2.75, 3.05) is 5.32 Å². The Morgan fingerprint density at radius 2 is 1.86 bits per heavy atom. The first-order chi connectivity index (χ1) is 10.1. The molecule has 116 valence electrons. The van der Waals surface area contributed by atoms with E-state index in [0.717, 1.165) is 27.5 Å². The van der Waals surface area contributed by atoms with E-state index in [1.807, 2.05) is 18.2 Å². The molecule has 0 saturated carbocycles. The zero-order chi connectivity index (χ0) is 16.5. The van der Waals surface area contributed by atoms with E-state index in [9.17, 15) is 0 Å². The Kier molecular flexibility index (Phi) is 4.49. The van der Waals surface area contributed by atoms with Gasteiger partial charge in [0.25, 0.3) is 0 Å². The number of nitriles is 1. The van der Waals surface area contributed by atoms with Gasteiger partial charge in [0.2, 0.25) is 0 Å². The van der Waals surface area contributed by atoms with Gasteiger partial charge in [-0.2, -0.15) is 5.26 Å². The zero-order valence-electron chi connectivity index (χ0n) is 13.8. The summed E-state index contributed by atoms with van der Waals surface area (Å²) in [7, 11) is 0. The number of benzene rings is 1. The topological polar surface area (TPSA) is 48.7 Å². The number of pyridine rings is 1. The van der Waals surface area contributed by atoms with Gasteiger partial charge < -0.3 is 5.32 Å². The Bertz CT molecular complexity index is 736. The molecule has 0 unspecified atom stereocenters. The Morgan fingerprint density at radius 3 is 2.45 bits per heavy atom. The van der Waals surface area contributed by atoms with Gasteiger partial charge in [0, 0.05) is 27.0 Å². The van der Waals surface area contributed by atoms with E-state index in [4.69, 9.17) is 5.26 Å². The third-order valence-electron chi connectivity index (χ3n) is 3.40. The number of hydrogen-bond donors (Lipinski definition) is 1. The van der Waals surface area contributed by atoms with Crippen molar-refractivity contribution < 1.29 is 0 Å². The molecule has 0 amide bonds. The molecule has 1 N–H and O–H groups in total. The lowest BCUT2D eigenvalue weighted by Crippen LogP contribution is -2.35. The van der Waals surface area contributed by atoms with Crippen LogP contribution in [0.4, 0.5) is 5.82 Å². The van der Waals surface area contributed by atoms with Crippen LogP contribution in [0.2, 0.25) is 0 Å². The van der Waals surface area contributed by atoms with Crippen LogP contribution in [0.3, 0.4) is 0 Å². The van der Waals surface area contributed by atoms with Gasteiger partial charge in [0.1, 0.15) is 5.82 Å². The Morgan fingerprint density at radius 1 is 1.18 bits per heavy atom. The average Bonchev–Trinajstić information content (AvgIpc) is 2.39. The van der Waals surface area contributed by atoms with Crippen molar-refractivity contribution in [3.05, 3.63) is 34.4 Å². The predicted octanol–water partition coefficient (Wildman–Crippen LogP) is 5.50. The molecular formula is C18H22BrN3. The Balaban J connectivity index is 2.45. The number of nitrogens with one attached hydrogen (secondary N) is 1. The fourth-order valence-electron chi connectivity index (χ4n) is 3.07. The van der Waals surface area contributed by atoms with E-state index >= 15 is 0 Å². The summed E-state index contributed by atoms with van der Waals surface area (Å²) in [6.07, 6.45) is 2.81. The second-order valence-corrected chi connectivity index (χ2v) is 8.43. The minimum absolute atomic E-state index is 0.0695. The molecule has 0 atom stereocenters. The van der Waals surface area contributed by atoms with Crippen molar-refractivity contribution >= 4 is 32.5 Å². The molecule has 0 fully saturated rings. The molecule has 3 nitrogen and oxygen atoms in total. The lowest BCUT2D eigenvalue weighted by Gasteiger charge is -2.34. The lowest BCUT2D eigenvalue weighted by atomic mass is 9.82. The summed E-state index contributed by atoms with van der Waals surface area (Å²) in [4.78, 5) is 4.54. The quantitative estimate of drug-likeness (QED) is 0.787. The fourth-order valence-corrected chi connectivity index (χ4v) is 3.50. The molecule has 0 aliphatic heterocycles. The summed E-state index contributed by atoms with van der Waals surface area (Å²) in [5.41, 5.74) is 0.814. The highest BCUT2D eigenvalue weighted by atomic mass is 79.9. The van der Waals surface area contributed by atoms with E-state index < -0.39 is 0 Å². The molecule has 0 aliphatic carbocycles. The van der Waals surface area contributed by atoms with E-state index in [0.29, 0.717) is 5.56 Å². The van der Waals surface area contributed by atoms with Crippen LogP contribution >= 0.6 is 15.9 Å². The third kappa shape index (κ3) is 3.98. The molecule has 22 heavy (non-hydrogen) atoms. The second-order valence-electron chi connectivity index (χ2n) is 7.57. The summed E-state index contributed by atoms with van der Waals surface area (Å²) >= 11 is 3.52. The second kappa shape index (κ2) is 5.89. The first-order valence-corrected chi connectivity index (χ1v) is 8.17. The highest BCUT2D eigenvalue weighted by molar-refractivity contribution is 9.10. The van der Waals surface area contributed by atoms with Gasteiger partial charge >= 0.3 is 0 Å². The normalized spacial score (nSPS) is 12.2. The molecule has 1 heterocycles. The molecule has 1 aromatic carbocycles. The highest BCUT2D eigenvalue weighted by Crippen LogP contribution is 2.33. The number of anilines is 1. The molecule has 0 radical (unpaired) electrons. The largest absolute Gasteiger partial charge is 0.365 e. The maximum absolute atomic E-state index is 9.07. The maximum Gasteiger partial charge on any atom is 0.134 e. The van der Waals surface area contributed by atoms with Gasteiger partial charge in [-0.15, -0.1) is 0 Å². The fraction of sp³-hybridized carbons (Fsp3) is 0.444. The van der Waals surface area contributed by atoms with Crippen LogP contribution in [0.1, 0.15) is 46.6 Å². The number of hydrogen-bond acceptors (Lipinski definition) is 3. The molecule has 4 heteroatoms. The molecule has 0 spiro atoms.